The van der Waals surface area contributed by atoms with Gasteiger partial charge in [0.2, 0.25) is 0 Å². The first-order valence-electron chi connectivity index (χ1n) is 6.79. The molecule has 1 N–H and O–H groups in total. The van der Waals surface area contributed by atoms with Gasteiger partial charge in [-0.1, -0.05) is 23.4 Å². The lowest BCUT2D eigenvalue weighted by Crippen LogP contribution is -2.25. The molecular formula is C15H19N3O2. The number of aliphatic hydroxyl groups is 1. The monoisotopic (exact) mass is 273 g/mol. The third-order valence-corrected chi connectivity index (χ3v) is 3.53. The Morgan fingerprint density at radius 3 is 2.95 bits per heavy atom. The SMILES string of the molecule is Cn1cc(CC(O)c2cccc3c2OC(C)(C)C3)nn1. The molecule has 0 saturated heterocycles. The molecule has 0 amide bonds. The van der Waals surface area contributed by atoms with Gasteiger partial charge in [-0.15, -0.1) is 5.10 Å². The summed E-state index contributed by atoms with van der Waals surface area (Å²) in [5, 5.41) is 18.4. The van der Waals surface area contributed by atoms with Gasteiger partial charge in [-0.3, -0.25) is 4.68 Å². The van der Waals surface area contributed by atoms with E-state index in [1.807, 2.05) is 25.4 Å². The summed E-state index contributed by atoms with van der Waals surface area (Å²) in [5.74, 6) is 0.828. The van der Waals surface area contributed by atoms with E-state index in [-0.39, 0.29) is 5.60 Å². The summed E-state index contributed by atoms with van der Waals surface area (Å²) >= 11 is 0. The smallest absolute Gasteiger partial charge is 0.129 e. The predicted molar refractivity (Wildman–Crippen MR) is 74.5 cm³/mol. The number of nitrogens with zero attached hydrogens (tertiary/aromatic N) is 3. The summed E-state index contributed by atoms with van der Waals surface area (Å²) in [5.41, 5.74) is 2.56. The maximum absolute atomic E-state index is 10.5. The van der Waals surface area contributed by atoms with Crippen molar-refractivity contribution in [3.8, 4) is 5.75 Å². The fourth-order valence-electron chi connectivity index (χ4n) is 2.70. The Morgan fingerprint density at radius 1 is 1.45 bits per heavy atom. The molecule has 5 nitrogen and oxygen atoms in total. The molecule has 0 fully saturated rings. The molecule has 2 aromatic rings. The Balaban J connectivity index is 1.86. The minimum atomic E-state index is -0.629. The molecule has 0 bridgehead atoms. The van der Waals surface area contributed by atoms with E-state index in [2.05, 4.69) is 30.2 Å². The van der Waals surface area contributed by atoms with E-state index in [0.29, 0.717) is 6.42 Å². The summed E-state index contributed by atoms with van der Waals surface area (Å²) in [6, 6.07) is 5.95. The molecule has 2 heterocycles. The largest absolute Gasteiger partial charge is 0.487 e. The second-order valence-electron chi connectivity index (χ2n) is 5.98. The first-order chi connectivity index (χ1) is 9.44. The standard InChI is InChI=1S/C15H19N3O2/c1-15(2)8-10-5-4-6-12(14(10)20-15)13(19)7-11-9-18(3)17-16-11/h4-6,9,13,19H,7-8H2,1-3H3. The van der Waals surface area contributed by atoms with Gasteiger partial charge in [0.1, 0.15) is 11.4 Å². The summed E-state index contributed by atoms with van der Waals surface area (Å²) in [7, 11) is 1.81. The molecule has 1 aromatic heterocycles. The van der Waals surface area contributed by atoms with Gasteiger partial charge in [-0.05, 0) is 19.4 Å². The number of rotatable bonds is 3. The number of aromatic nitrogens is 3. The highest BCUT2D eigenvalue weighted by molar-refractivity contribution is 5.47. The van der Waals surface area contributed by atoms with Crippen molar-refractivity contribution in [2.45, 2.75) is 38.4 Å². The van der Waals surface area contributed by atoms with Gasteiger partial charge in [0.05, 0.1) is 11.8 Å². The average molecular weight is 273 g/mol. The van der Waals surface area contributed by atoms with Gasteiger partial charge in [0.25, 0.3) is 0 Å². The van der Waals surface area contributed by atoms with E-state index in [4.69, 9.17) is 4.74 Å². The number of ether oxygens (including phenoxy) is 1. The fraction of sp³-hybridized carbons (Fsp3) is 0.467. The molecule has 0 radical (unpaired) electrons. The number of benzene rings is 1. The van der Waals surface area contributed by atoms with Crippen molar-refractivity contribution in [1.82, 2.24) is 15.0 Å². The molecule has 1 unspecified atom stereocenters. The van der Waals surface area contributed by atoms with Crippen molar-refractivity contribution in [2.24, 2.45) is 7.05 Å². The fourth-order valence-corrected chi connectivity index (χ4v) is 2.70. The minimum absolute atomic E-state index is 0.204. The van der Waals surface area contributed by atoms with Crippen LogP contribution >= 0.6 is 0 Å². The molecule has 5 heteroatoms. The van der Waals surface area contributed by atoms with Crippen LogP contribution in [0.4, 0.5) is 0 Å². The van der Waals surface area contributed by atoms with E-state index < -0.39 is 6.10 Å². The van der Waals surface area contributed by atoms with Crippen LogP contribution in [0.5, 0.6) is 5.75 Å². The molecule has 0 saturated carbocycles. The molecule has 1 aliphatic rings. The molecule has 3 rings (SSSR count). The summed E-state index contributed by atoms with van der Waals surface area (Å²) < 4.78 is 7.62. The second kappa shape index (κ2) is 4.59. The molecule has 0 spiro atoms. The van der Waals surface area contributed by atoms with Crippen molar-refractivity contribution in [3.05, 3.63) is 41.2 Å². The Morgan fingerprint density at radius 2 is 2.25 bits per heavy atom. The number of fused-ring (bicyclic) bond motifs is 1. The zero-order chi connectivity index (χ0) is 14.3. The molecule has 106 valence electrons. The van der Waals surface area contributed by atoms with Crippen molar-refractivity contribution in [3.63, 3.8) is 0 Å². The van der Waals surface area contributed by atoms with Crippen molar-refractivity contribution in [1.29, 1.82) is 0 Å². The van der Waals surface area contributed by atoms with Gasteiger partial charge >= 0.3 is 0 Å². The van der Waals surface area contributed by atoms with Crippen LogP contribution in [0.2, 0.25) is 0 Å². The van der Waals surface area contributed by atoms with Crippen molar-refractivity contribution in [2.75, 3.05) is 0 Å². The number of hydrogen-bond acceptors (Lipinski definition) is 4. The highest BCUT2D eigenvalue weighted by atomic mass is 16.5. The first-order valence-corrected chi connectivity index (χ1v) is 6.79. The molecular weight excluding hydrogens is 254 g/mol. The second-order valence-corrected chi connectivity index (χ2v) is 5.98. The Kier molecular flexibility index (Phi) is 3.01. The van der Waals surface area contributed by atoms with E-state index in [9.17, 15) is 5.11 Å². The zero-order valence-corrected chi connectivity index (χ0v) is 12.0. The third kappa shape index (κ3) is 2.41. The third-order valence-electron chi connectivity index (χ3n) is 3.53. The molecule has 1 atom stereocenters. The van der Waals surface area contributed by atoms with Crippen LogP contribution < -0.4 is 4.74 Å². The van der Waals surface area contributed by atoms with Crippen LogP contribution in [-0.4, -0.2) is 25.7 Å². The lowest BCUT2D eigenvalue weighted by Gasteiger charge is -2.19. The average Bonchev–Trinajstić information content (AvgIpc) is 2.89. The lowest BCUT2D eigenvalue weighted by molar-refractivity contribution is 0.126. The summed E-state index contributed by atoms with van der Waals surface area (Å²) in [6.07, 6.45) is 2.50. The van der Waals surface area contributed by atoms with Crippen LogP contribution in [0, 0.1) is 0 Å². The molecule has 20 heavy (non-hydrogen) atoms. The maximum Gasteiger partial charge on any atom is 0.129 e. The molecule has 1 aromatic carbocycles. The Bertz CT molecular complexity index is 634. The minimum Gasteiger partial charge on any atom is -0.487 e. The number of para-hydroxylation sites is 1. The first kappa shape index (κ1) is 13.1. The zero-order valence-electron chi connectivity index (χ0n) is 12.0. The number of aryl methyl sites for hydroxylation is 1. The van der Waals surface area contributed by atoms with Crippen LogP contribution in [0.25, 0.3) is 0 Å². The van der Waals surface area contributed by atoms with E-state index in [1.165, 1.54) is 0 Å². The van der Waals surface area contributed by atoms with Crippen molar-refractivity contribution >= 4 is 0 Å². The number of aliphatic hydroxyl groups excluding tert-OH is 1. The van der Waals surface area contributed by atoms with Gasteiger partial charge in [0.15, 0.2) is 0 Å². The van der Waals surface area contributed by atoms with Gasteiger partial charge < -0.3 is 9.84 Å². The lowest BCUT2D eigenvalue weighted by atomic mass is 9.98. The summed E-state index contributed by atoms with van der Waals surface area (Å²) in [6.45, 7) is 4.12. The predicted octanol–water partition coefficient (Wildman–Crippen LogP) is 1.80. The highest BCUT2D eigenvalue weighted by Gasteiger charge is 2.33. The van der Waals surface area contributed by atoms with Crippen LogP contribution in [0.15, 0.2) is 24.4 Å². The van der Waals surface area contributed by atoms with Gasteiger partial charge in [0, 0.05) is 31.6 Å². The normalized spacial score (nSPS) is 17.6. The topological polar surface area (TPSA) is 60.2 Å². The molecule has 1 aliphatic heterocycles. The quantitative estimate of drug-likeness (QED) is 0.926. The number of hydrogen-bond donors (Lipinski definition) is 1. The Hall–Kier alpha value is -1.88. The van der Waals surface area contributed by atoms with E-state index in [0.717, 1.165) is 29.0 Å². The van der Waals surface area contributed by atoms with Gasteiger partial charge in [-0.2, -0.15) is 0 Å². The summed E-state index contributed by atoms with van der Waals surface area (Å²) in [4.78, 5) is 0. The van der Waals surface area contributed by atoms with Crippen LogP contribution in [0.1, 0.15) is 36.8 Å². The highest BCUT2D eigenvalue weighted by Crippen LogP contribution is 2.40. The van der Waals surface area contributed by atoms with E-state index in [1.54, 1.807) is 4.68 Å². The van der Waals surface area contributed by atoms with Gasteiger partial charge in [-0.25, -0.2) is 0 Å². The van der Waals surface area contributed by atoms with Crippen LogP contribution in [0.3, 0.4) is 0 Å². The van der Waals surface area contributed by atoms with Crippen LogP contribution in [-0.2, 0) is 19.9 Å². The maximum atomic E-state index is 10.5. The Labute approximate surface area is 118 Å². The van der Waals surface area contributed by atoms with Crippen molar-refractivity contribution < 1.29 is 9.84 Å². The van der Waals surface area contributed by atoms with E-state index >= 15 is 0 Å². The molecule has 0 aliphatic carbocycles.